The number of hydrogen-bond donors (Lipinski definition) is 1. The molecule has 1 aromatic carbocycles. The molecule has 0 radical (unpaired) electrons. The number of halogens is 2. The minimum absolute atomic E-state index is 0. The number of piperazine rings is 1. The Labute approximate surface area is 184 Å². The fourth-order valence-corrected chi connectivity index (χ4v) is 5.36. The lowest BCUT2D eigenvalue weighted by atomic mass is 9.65. The van der Waals surface area contributed by atoms with Gasteiger partial charge in [-0.2, -0.15) is 4.98 Å². The molecule has 5 rings (SSSR count). The van der Waals surface area contributed by atoms with Crippen molar-refractivity contribution in [3.63, 3.8) is 0 Å². The molecule has 1 aliphatic heterocycles. The highest BCUT2D eigenvalue weighted by atomic mass is 35.5. The number of carbonyl (C=O) groups is 1. The SMILES string of the molecule is Cl.Cl.NC1C2CCCC1CC(C(=O)N1CCN(c3nc4ccccc4o3)CC1)C2. The highest BCUT2D eigenvalue weighted by Gasteiger charge is 2.42. The van der Waals surface area contributed by atoms with Crippen molar-refractivity contribution < 1.29 is 9.21 Å². The first-order valence-corrected chi connectivity index (χ1v) is 10.3. The van der Waals surface area contributed by atoms with Gasteiger partial charge < -0.3 is 20.0 Å². The first kappa shape index (κ1) is 22.2. The van der Waals surface area contributed by atoms with E-state index in [1.807, 2.05) is 24.3 Å². The van der Waals surface area contributed by atoms with Gasteiger partial charge in [0.05, 0.1) is 0 Å². The van der Waals surface area contributed by atoms with Crippen LogP contribution in [0.2, 0.25) is 0 Å². The third-order valence-electron chi connectivity index (χ3n) is 6.91. The number of benzene rings is 1. The quantitative estimate of drug-likeness (QED) is 0.773. The number of nitrogens with two attached hydrogens (primary N) is 1. The van der Waals surface area contributed by atoms with Gasteiger partial charge in [-0.05, 0) is 49.7 Å². The van der Waals surface area contributed by atoms with Gasteiger partial charge in [0, 0.05) is 38.1 Å². The number of hydrogen-bond acceptors (Lipinski definition) is 5. The lowest BCUT2D eigenvalue weighted by Crippen LogP contribution is -2.53. The summed E-state index contributed by atoms with van der Waals surface area (Å²) in [5.74, 6) is 1.62. The van der Waals surface area contributed by atoms with Crippen LogP contribution >= 0.6 is 24.8 Å². The summed E-state index contributed by atoms with van der Waals surface area (Å²) in [5, 5.41) is 0. The second kappa shape index (κ2) is 9.11. The fraction of sp³-hybridized carbons (Fsp3) is 0.619. The molecule has 6 nitrogen and oxygen atoms in total. The average molecular weight is 441 g/mol. The summed E-state index contributed by atoms with van der Waals surface area (Å²) in [4.78, 5) is 21.9. The van der Waals surface area contributed by atoms with Gasteiger partial charge >= 0.3 is 0 Å². The van der Waals surface area contributed by atoms with Crippen LogP contribution in [0.3, 0.4) is 0 Å². The number of nitrogens with zero attached hydrogens (tertiary/aromatic N) is 3. The van der Waals surface area contributed by atoms with Gasteiger partial charge in [0.2, 0.25) is 5.91 Å². The zero-order valence-electron chi connectivity index (χ0n) is 16.5. The number of oxazole rings is 1. The molecule has 2 bridgehead atoms. The summed E-state index contributed by atoms with van der Waals surface area (Å²) in [5.41, 5.74) is 8.09. The van der Waals surface area contributed by atoms with Gasteiger partial charge in [-0.15, -0.1) is 24.8 Å². The molecule has 2 aliphatic carbocycles. The number of para-hydroxylation sites is 2. The largest absolute Gasteiger partial charge is 0.423 e. The third kappa shape index (κ3) is 4.21. The van der Waals surface area contributed by atoms with Crippen LogP contribution in [0, 0.1) is 17.8 Å². The van der Waals surface area contributed by atoms with Crippen molar-refractivity contribution in [2.45, 2.75) is 38.1 Å². The van der Waals surface area contributed by atoms with E-state index in [4.69, 9.17) is 10.2 Å². The first-order chi connectivity index (χ1) is 13.2. The van der Waals surface area contributed by atoms with E-state index in [2.05, 4.69) is 14.8 Å². The topological polar surface area (TPSA) is 75.6 Å². The number of amides is 1. The Morgan fingerprint density at radius 3 is 2.34 bits per heavy atom. The summed E-state index contributed by atoms with van der Waals surface area (Å²) in [7, 11) is 0. The maximum atomic E-state index is 13.1. The minimum Gasteiger partial charge on any atom is -0.423 e. The number of aromatic nitrogens is 1. The van der Waals surface area contributed by atoms with Crippen LogP contribution in [0.15, 0.2) is 28.7 Å². The Balaban J connectivity index is 0.00000120. The van der Waals surface area contributed by atoms with E-state index in [-0.39, 0.29) is 30.7 Å². The second-order valence-electron chi connectivity index (χ2n) is 8.47. The molecular formula is C21H30Cl2N4O2. The average Bonchev–Trinajstić information content (AvgIpc) is 3.12. The molecular weight excluding hydrogens is 411 g/mol. The lowest BCUT2D eigenvalue weighted by Gasteiger charge is -2.45. The maximum absolute atomic E-state index is 13.1. The zero-order valence-corrected chi connectivity index (χ0v) is 18.2. The van der Waals surface area contributed by atoms with E-state index < -0.39 is 0 Å². The monoisotopic (exact) mass is 440 g/mol. The predicted octanol–water partition coefficient (Wildman–Crippen LogP) is 3.47. The summed E-state index contributed by atoms with van der Waals surface area (Å²) < 4.78 is 5.88. The summed E-state index contributed by atoms with van der Waals surface area (Å²) in [6.45, 7) is 3.04. The number of anilines is 1. The van der Waals surface area contributed by atoms with Crippen LogP contribution in [0.1, 0.15) is 32.1 Å². The Hall–Kier alpha value is -1.50. The van der Waals surface area contributed by atoms with E-state index >= 15 is 0 Å². The highest BCUT2D eigenvalue weighted by molar-refractivity contribution is 5.85. The second-order valence-corrected chi connectivity index (χ2v) is 8.47. The fourth-order valence-electron chi connectivity index (χ4n) is 5.36. The van der Waals surface area contributed by atoms with Crippen LogP contribution in [-0.2, 0) is 4.79 Å². The Morgan fingerprint density at radius 2 is 1.69 bits per heavy atom. The molecule has 8 heteroatoms. The van der Waals surface area contributed by atoms with Crippen LogP contribution in [0.4, 0.5) is 6.01 Å². The van der Waals surface area contributed by atoms with Crippen LogP contribution in [0.5, 0.6) is 0 Å². The van der Waals surface area contributed by atoms with E-state index in [0.29, 0.717) is 29.8 Å². The summed E-state index contributed by atoms with van der Waals surface area (Å²) >= 11 is 0. The van der Waals surface area contributed by atoms with Gasteiger partial charge in [-0.25, -0.2) is 0 Å². The van der Waals surface area contributed by atoms with Crippen molar-refractivity contribution in [2.24, 2.45) is 23.5 Å². The van der Waals surface area contributed by atoms with Crippen molar-refractivity contribution in [1.29, 1.82) is 0 Å². The summed E-state index contributed by atoms with van der Waals surface area (Å²) in [6.07, 6.45) is 5.66. The number of carbonyl (C=O) groups excluding carboxylic acids is 1. The van der Waals surface area contributed by atoms with Crippen LogP contribution in [-0.4, -0.2) is 48.0 Å². The first-order valence-electron chi connectivity index (χ1n) is 10.3. The van der Waals surface area contributed by atoms with E-state index in [9.17, 15) is 4.79 Å². The molecule has 29 heavy (non-hydrogen) atoms. The van der Waals surface area contributed by atoms with E-state index in [0.717, 1.165) is 50.1 Å². The molecule has 2 aromatic rings. The lowest BCUT2D eigenvalue weighted by molar-refractivity contribution is -0.139. The van der Waals surface area contributed by atoms with Crippen LogP contribution in [0.25, 0.3) is 11.1 Å². The van der Waals surface area contributed by atoms with Crippen molar-refractivity contribution in [1.82, 2.24) is 9.88 Å². The molecule has 1 aromatic heterocycles. The van der Waals surface area contributed by atoms with Gasteiger partial charge in [0.1, 0.15) is 5.52 Å². The van der Waals surface area contributed by atoms with Crippen LogP contribution < -0.4 is 10.6 Å². The van der Waals surface area contributed by atoms with E-state index in [1.165, 1.54) is 19.3 Å². The van der Waals surface area contributed by atoms with Crippen molar-refractivity contribution >= 4 is 47.8 Å². The Kier molecular flexibility index (Phi) is 6.97. The van der Waals surface area contributed by atoms with Crippen molar-refractivity contribution in [3.8, 4) is 0 Å². The van der Waals surface area contributed by atoms with Crippen molar-refractivity contribution in [2.75, 3.05) is 31.1 Å². The highest BCUT2D eigenvalue weighted by Crippen LogP contribution is 2.42. The molecule has 2 saturated carbocycles. The molecule has 2 heterocycles. The molecule has 3 fully saturated rings. The molecule has 1 saturated heterocycles. The molecule has 3 aliphatic rings. The molecule has 2 atom stereocenters. The van der Waals surface area contributed by atoms with Gasteiger partial charge in [0.25, 0.3) is 6.01 Å². The normalized spacial score (nSPS) is 29.1. The Bertz CT molecular complexity index is 790. The van der Waals surface area contributed by atoms with E-state index in [1.54, 1.807) is 0 Å². The number of rotatable bonds is 2. The zero-order chi connectivity index (χ0) is 18.4. The molecule has 1 amide bonds. The molecule has 160 valence electrons. The summed E-state index contributed by atoms with van der Waals surface area (Å²) in [6, 6.07) is 8.82. The maximum Gasteiger partial charge on any atom is 0.298 e. The Morgan fingerprint density at radius 1 is 1.03 bits per heavy atom. The number of fused-ring (bicyclic) bond motifs is 3. The molecule has 0 spiro atoms. The smallest absolute Gasteiger partial charge is 0.298 e. The predicted molar refractivity (Wildman–Crippen MR) is 119 cm³/mol. The standard InChI is InChI=1S/C21H28N4O2.2ClH/c22-19-14-4-3-5-15(19)13-16(12-14)20(26)24-8-10-25(11-9-24)21-23-17-6-1-2-7-18(17)27-21;;/h1-2,6-7,14-16,19H,3-5,8-13,22H2;2*1H. The van der Waals surface area contributed by atoms with Crippen molar-refractivity contribution in [3.05, 3.63) is 24.3 Å². The third-order valence-corrected chi connectivity index (χ3v) is 6.91. The minimum atomic E-state index is 0. The van der Waals surface area contributed by atoms with Gasteiger partial charge in [0.15, 0.2) is 5.58 Å². The van der Waals surface area contributed by atoms with Gasteiger partial charge in [-0.1, -0.05) is 18.6 Å². The molecule has 2 unspecified atom stereocenters. The van der Waals surface area contributed by atoms with Gasteiger partial charge in [-0.3, -0.25) is 4.79 Å². The molecule has 2 N–H and O–H groups in total.